The average Bonchev–Trinajstić information content (AvgIpc) is 3.74. The van der Waals surface area contributed by atoms with E-state index in [9.17, 15) is 34.2 Å². The molecule has 3 unspecified atom stereocenters. The van der Waals surface area contributed by atoms with E-state index in [2.05, 4.69) is 6.08 Å². The van der Waals surface area contributed by atoms with Gasteiger partial charge in [0.2, 0.25) is 6.10 Å². The Labute approximate surface area is 317 Å². The van der Waals surface area contributed by atoms with Crippen molar-refractivity contribution in [2.45, 2.75) is 143 Å². The number of allylic oxidation sites excluding steroid dienone is 1. The Morgan fingerprint density at radius 2 is 1.54 bits per heavy atom. The molecule has 0 spiro atoms. The number of hydrogen-bond donors (Lipinski definition) is 2. The predicted molar refractivity (Wildman–Crippen MR) is 192 cm³/mol. The fourth-order valence-corrected chi connectivity index (χ4v) is 10.6. The Kier molecular flexibility index (Phi) is 11.6. The highest BCUT2D eigenvalue weighted by Gasteiger charge is 2.74. The summed E-state index contributed by atoms with van der Waals surface area (Å²) in [6, 6.07) is 1.87. The van der Waals surface area contributed by atoms with Crippen molar-refractivity contribution in [3.63, 3.8) is 0 Å². The molecule has 0 bridgehead atoms. The third-order valence-corrected chi connectivity index (χ3v) is 13.7. The largest absolute Gasteiger partial charge is 0.472 e. The van der Waals surface area contributed by atoms with Gasteiger partial charge in [-0.1, -0.05) is 60.1 Å². The lowest BCUT2D eigenvalue weighted by atomic mass is 9.39. The molecule has 13 atom stereocenters. The molecule has 300 valence electrons. The number of rotatable bonds is 11. The van der Waals surface area contributed by atoms with Crippen molar-refractivity contribution in [1.82, 2.24) is 0 Å². The van der Waals surface area contributed by atoms with E-state index in [4.69, 9.17) is 28.1 Å². The molecule has 2 N–H and O–H groups in total. The van der Waals surface area contributed by atoms with E-state index in [1.54, 1.807) is 33.3 Å². The van der Waals surface area contributed by atoms with E-state index in [-0.39, 0.29) is 31.1 Å². The number of aliphatic hydroxyl groups is 2. The normalized spacial score (nSPS) is 37.6. The molecule has 4 aliphatic rings. The Balaban J connectivity index is 1.77. The van der Waals surface area contributed by atoms with Gasteiger partial charge in [0.25, 0.3) is 0 Å². The summed E-state index contributed by atoms with van der Waals surface area (Å²) in [6.07, 6.45) is 0.858. The zero-order chi connectivity index (χ0) is 40.1. The van der Waals surface area contributed by atoms with Gasteiger partial charge in [-0.3, -0.25) is 14.4 Å². The van der Waals surface area contributed by atoms with Crippen LogP contribution in [-0.2, 0) is 47.7 Å². The fraction of sp³-hybridized carbons (Fsp3) is 0.732. The van der Waals surface area contributed by atoms with Crippen molar-refractivity contribution >= 4 is 29.8 Å². The summed E-state index contributed by atoms with van der Waals surface area (Å²) in [5.74, 6) is -5.88. The van der Waals surface area contributed by atoms with Crippen molar-refractivity contribution in [3.8, 4) is 0 Å². The lowest BCUT2D eigenvalue weighted by Crippen LogP contribution is -2.70. The van der Waals surface area contributed by atoms with Crippen LogP contribution in [0.4, 0.5) is 0 Å². The molecular formula is C41H58O13. The first-order valence-electron chi connectivity index (χ1n) is 19.2. The second-order valence-electron chi connectivity index (χ2n) is 17.2. The molecule has 3 fully saturated rings. The zero-order valence-electron chi connectivity index (χ0n) is 33.2. The minimum atomic E-state index is -1.50. The van der Waals surface area contributed by atoms with Crippen LogP contribution in [0, 0.1) is 39.9 Å². The number of carbonyl (C=O) groups excluding carboxylic acids is 5. The van der Waals surface area contributed by atoms with Gasteiger partial charge in [0.1, 0.15) is 23.9 Å². The molecule has 3 aliphatic carbocycles. The van der Waals surface area contributed by atoms with Crippen LogP contribution in [0.3, 0.4) is 0 Å². The first-order valence-corrected chi connectivity index (χ1v) is 19.2. The minimum absolute atomic E-state index is 0.0823. The molecule has 2 heterocycles. The fourth-order valence-electron chi connectivity index (χ4n) is 10.6. The number of aliphatic hydroxyl groups excluding tert-OH is 2. The molecule has 54 heavy (non-hydrogen) atoms. The van der Waals surface area contributed by atoms with Crippen LogP contribution < -0.4 is 0 Å². The standard InChI is InChI=1S/C41H58O13/c1-11-22(4)35(51-24(6)44)37(48)53-30-17-29-40(9,27-13-12-26(39(27,30)8)25-14-15-49-19-25)31(52-36(47)34(46)21(2)3)16-28-38(7,20-42)54-33(45)18-32(41(28,29)10)50-23(5)43/h13-15,19,21-22,26,28-32,34-35,42,46H,11-12,16-18,20H2,1-10H3/t22?,26-,28-,29-,30-,31+,32-,34?,35?,38+,39-,40-,41-/m0/s1. The number of esters is 5. The van der Waals surface area contributed by atoms with E-state index in [1.165, 1.54) is 13.8 Å². The highest BCUT2D eigenvalue weighted by molar-refractivity contribution is 5.79. The Morgan fingerprint density at radius 3 is 2.09 bits per heavy atom. The molecule has 1 aliphatic heterocycles. The van der Waals surface area contributed by atoms with Crippen molar-refractivity contribution in [3.05, 3.63) is 35.8 Å². The maximum atomic E-state index is 14.3. The number of ether oxygens (including phenoxy) is 5. The predicted octanol–water partition coefficient (Wildman–Crippen LogP) is 5.20. The highest BCUT2D eigenvalue weighted by atomic mass is 16.6. The molecule has 0 amide bonds. The third kappa shape index (κ3) is 6.77. The Morgan fingerprint density at radius 1 is 0.907 bits per heavy atom. The van der Waals surface area contributed by atoms with Crippen molar-refractivity contribution in [1.29, 1.82) is 0 Å². The van der Waals surface area contributed by atoms with Crippen LogP contribution in [0.2, 0.25) is 0 Å². The Hall–Kier alpha value is -3.71. The van der Waals surface area contributed by atoms with E-state index in [0.717, 1.165) is 11.1 Å². The van der Waals surface area contributed by atoms with E-state index in [1.807, 2.05) is 40.7 Å². The lowest BCUT2D eigenvalue weighted by molar-refractivity contribution is -0.247. The SMILES string of the molecule is CCC(C)C(OC(C)=O)C(=O)O[C@H]1C[C@H]2[C@](C)(C3=CC[C@@H](c4ccoc4)[C@@]31C)[C@H](OC(=O)C(O)C(C)C)C[C@@H]1[C@]2(C)[C@@H](OC(C)=O)CC(=O)O[C@]1(C)CO. The van der Waals surface area contributed by atoms with Gasteiger partial charge >= 0.3 is 29.8 Å². The molecule has 1 saturated heterocycles. The van der Waals surface area contributed by atoms with Gasteiger partial charge in [0.15, 0.2) is 6.10 Å². The number of furan rings is 1. The first kappa shape index (κ1) is 41.5. The molecule has 0 radical (unpaired) electrons. The maximum Gasteiger partial charge on any atom is 0.348 e. The summed E-state index contributed by atoms with van der Waals surface area (Å²) < 4.78 is 36.1. The van der Waals surface area contributed by atoms with Crippen molar-refractivity contribution in [2.24, 2.45) is 39.9 Å². The summed E-state index contributed by atoms with van der Waals surface area (Å²) in [4.78, 5) is 66.5. The van der Waals surface area contributed by atoms with Crippen LogP contribution >= 0.6 is 0 Å². The molecule has 5 rings (SSSR count). The smallest absolute Gasteiger partial charge is 0.348 e. The molecule has 13 heteroatoms. The number of hydrogen-bond acceptors (Lipinski definition) is 13. The molecule has 2 saturated carbocycles. The van der Waals surface area contributed by atoms with Crippen molar-refractivity contribution in [2.75, 3.05) is 6.61 Å². The van der Waals surface area contributed by atoms with Crippen LogP contribution in [0.15, 0.2) is 34.7 Å². The molecule has 0 aromatic carbocycles. The highest BCUT2D eigenvalue weighted by Crippen LogP contribution is 2.73. The second kappa shape index (κ2) is 15.1. The van der Waals surface area contributed by atoms with Gasteiger partial charge in [0.05, 0.1) is 25.6 Å². The summed E-state index contributed by atoms with van der Waals surface area (Å²) in [5.41, 5.74) is -2.93. The van der Waals surface area contributed by atoms with Gasteiger partial charge in [-0.25, -0.2) is 9.59 Å². The van der Waals surface area contributed by atoms with Crippen LogP contribution in [0.5, 0.6) is 0 Å². The first-order chi connectivity index (χ1) is 25.2. The average molecular weight is 759 g/mol. The van der Waals surface area contributed by atoms with E-state index >= 15 is 0 Å². The minimum Gasteiger partial charge on any atom is -0.472 e. The quantitative estimate of drug-likeness (QED) is 0.171. The van der Waals surface area contributed by atoms with Gasteiger partial charge < -0.3 is 38.3 Å². The molecule has 13 nitrogen and oxygen atoms in total. The number of cyclic esters (lactones) is 1. The van der Waals surface area contributed by atoms with Crippen LogP contribution in [0.25, 0.3) is 0 Å². The molecule has 1 aromatic rings. The third-order valence-electron chi connectivity index (χ3n) is 13.7. The van der Waals surface area contributed by atoms with Gasteiger partial charge in [-0.05, 0) is 56.1 Å². The number of carbonyl (C=O) groups is 5. The maximum absolute atomic E-state index is 14.3. The van der Waals surface area contributed by atoms with Gasteiger partial charge in [-0.15, -0.1) is 0 Å². The second-order valence-corrected chi connectivity index (χ2v) is 17.2. The van der Waals surface area contributed by atoms with Crippen LogP contribution in [0.1, 0.15) is 113 Å². The summed E-state index contributed by atoms with van der Waals surface area (Å²) in [6.45, 7) is 16.6. The van der Waals surface area contributed by atoms with Gasteiger partial charge in [-0.2, -0.15) is 0 Å². The lowest BCUT2D eigenvalue weighted by Gasteiger charge is -2.67. The topological polar surface area (TPSA) is 185 Å². The molecular weight excluding hydrogens is 700 g/mol. The summed E-state index contributed by atoms with van der Waals surface area (Å²) in [7, 11) is 0. The molecule has 1 aromatic heterocycles. The monoisotopic (exact) mass is 758 g/mol. The van der Waals surface area contributed by atoms with Gasteiger partial charge in [0, 0.05) is 47.8 Å². The van der Waals surface area contributed by atoms with Crippen LogP contribution in [-0.4, -0.2) is 82.8 Å². The number of fused-ring (bicyclic) bond motifs is 5. The summed E-state index contributed by atoms with van der Waals surface area (Å²) in [5, 5.41) is 21.9. The van der Waals surface area contributed by atoms with Crippen molar-refractivity contribution < 1.29 is 62.3 Å². The Bertz CT molecular complexity index is 1630. The zero-order valence-corrected chi connectivity index (χ0v) is 33.2. The van der Waals surface area contributed by atoms with E-state index < -0.39 is 107 Å². The summed E-state index contributed by atoms with van der Waals surface area (Å²) >= 11 is 0. The van der Waals surface area contributed by atoms with E-state index in [0.29, 0.717) is 12.8 Å².